The molecule has 0 aromatic heterocycles. The van der Waals surface area contributed by atoms with Crippen molar-refractivity contribution in [2.75, 3.05) is 13.1 Å². The van der Waals surface area contributed by atoms with Crippen molar-refractivity contribution in [3.63, 3.8) is 0 Å². The van der Waals surface area contributed by atoms with E-state index in [9.17, 15) is 14.4 Å². The number of guanidine groups is 1. The third-order valence-corrected chi connectivity index (χ3v) is 6.66. The first-order chi connectivity index (χ1) is 19.0. The predicted octanol–water partition coefficient (Wildman–Crippen LogP) is -0.282. The van der Waals surface area contributed by atoms with Gasteiger partial charge < -0.3 is 39.3 Å². The molecule has 0 aliphatic carbocycles. The Bertz CT molecular complexity index is 1180. The van der Waals surface area contributed by atoms with Crippen LogP contribution in [0.5, 0.6) is 0 Å². The van der Waals surface area contributed by atoms with E-state index in [2.05, 4.69) is 15.6 Å². The number of hydrogen-bond donors (Lipinski definition) is 8. The Balaban J connectivity index is 2.28. The van der Waals surface area contributed by atoms with Crippen molar-refractivity contribution in [2.24, 2.45) is 33.7 Å². The van der Waals surface area contributed by atoms with E-state index in [4.69, 9.17) is 34.1 Å². The first-order valence-corrected chi connectivity index (χ1v) is 13.1. The highest BCUT2D eigenvalue weighted by Crippen LogP contribution is 2.29. The Labute approximate surface area is 234 Å². The van der Waals surface area contributed by atoms with Gasteiger partial charge in [-0.15, -0.1) is 0 Å². The first-order valence-electron chi connectivity index (χ1n) is 13.1. The highest BCUT2D eigenvalue weighted by Gasteiger charge is 2.38. The van der Waals surface area contributed by atoms with Crippen LogP contribution in [0.25, 0.3) is 0 Å². The molecule has 12 nitrogen and oxygen atoms in total. The van der Waals surface area contributed by atoms with Gasteiger partial charge in [0.05, 0.1) is 5.41 Å². The van der Waals surface area contributed by atoms with Crippen LogP contribution in [0, 0.1) is 5.41 Å². The SMILES string of the molecule is CC(Cc1ccc(C(=N)N)cc1)(C(=O)N[C@@H](CCCN)C(=O)N[C@@H](CCCN=C(N)N)C(N)=O)c1ccccc1. The van der Waals surface area contributed by atoms with Gasteiger partial charge in [0.1, 0.15) is 17.9 Å². The van der Waals surface area contributed by atoms with Crippen LogP contribution in [0.3, 0.4) is 0 Å². The average molecular weight is 552 g/mol. The molecular formula is C28H41N9O3. The molecule has 0 aliphatic rings. The van der Waals surface area contributed by atoms with Crippen LogP contribution in [0.1, 0.15) is 49.3 Å². The number of nitrogens with two attached hydrogens (primary N) is 5. The zero-order valence-electron chi connectivity index (χ0n) is 22.9. The van der Waals surface area contributed by atoms with Crippen molar-refractivity contribution in [3.8, 4) is 0 Å². The van der Waals surface area contributed by atoms with Crippen LogP contribution in [-0.2, 0) is 26.2 Å². The van der Waals surface area contributed by atoms with Gasteiger partial charge in [0.15, 0.2) is 5.96 Å². The van der Waals surface area contributed by atoms with Crippen molar-refractivity contribution >= 4 is 29.5 Å². The Morgan fingerprint density at radius 1 is 0.900 bits per heavy atom. The lowest BCUT2D eigenvalue weighted by atomic mass is 9.76. The number of nitrogens with one attached hydrogen (secondary N) is 3. The predicted molar refractivity (Wildman–Crippen MR) is 156 cm³/mol. The average Bonchev–Trinajstić information content (AvgIpc) is 2.92. The number of nitrogen functional groups attached to an aromatic ring is 1. The quantitative estimate of drug-likeness (QED) is 0.0787. The fourth-order valence-corrected chi connectivity index (χ4v) is 4.30. The summed E-state index contributed by atoms with van der Waals surface area (Å²) in [7, 11) is 0. The maximum atomic E-state index is 13.9. The minimum atomic E-state index is -1.05. The minimum Gasteiger partial charge on any atom is -0.384 e. The third kappa shape index (κ3) is 9.38. The number of primary amides is 1. The summed E-state index contributed by atoms with van der Waals surface area (Å²) in [5.41, 5.74) is 28.6. The minimum absolute atomic E-state index is 0.0469. The van der Waals surface area contributed by atoms with Crippen LogP contribution in [0.2, 0.25) is 0 Å². The molecule has 1 unspecified atom stereocenters. The van der Waals surface area contributed by atoms with E-state index >= 15 is 0 Å². The molecule has 2 aromatic rings. The molecule has 3 amide bonds. The Morgan fingerprint density at radius 2 is 1.52 bits per heavy atom. The number of amidine groups is 1. The molecule has 40 heavy (non-hydrogen) atoms. The molecule has 12 heteroatoms. The van der Waals surface area contributed by atoms with E-state index in [0.717, 1.165) is 11.1 Å². The highest BCUT2D eigenvalue weighted by atomic mass is 16.2. The fourth-order valence-electron chi connectivity index (χ4n) is 4.30. The van der Waals surface area contributed by atoms with Crippen LogP contribution >= 0.6 is 0 Å². The summed E-state index contributed by atoms with van der Waals surface area (Å²) in [4.78, 5) is 43.1. The van der Waals surface area contributed by atoms with Crippen LogP contribution in [0.15, 0.2) is 59.6 Å². The lowest BCUT2D eigenvalue weighted by molar-refractivity contribution is -0.133. The summed E-state index contributed by atoms with van der Waals surface area (Å²) < 4.78 is 0. The molecule has 2 aromatic carbocycles. The molecule has 0 saturated carbocycles. The normalized spacial score (nSPS) is 13.8. The maximum absolute atomic E-state index is 13.9. The zero-order valence-corrected chi connectivity index (χ0v) is 22.9. The second kappa shape index (κ2) is 15.2. The van der Waals surface area contributed by atoms with Crippen molar-refractivity contribution in [1.29, 1.82) is 5.41 Å². The van der Waals surface area contributed by atoms with E-state index in [1.165, 1.54) is 0 Å². The number of aliphatic imine (C=N–C) groups is 1. The summed E-state index contributed by atoms with van der Waals surface area (Å²) in [5, 5.41) is 13.2. The monoisotopic (exact) mass is 551 g/mol. The van der Waals surface area contributed by atoms with Gasteiger partial charge in [-0.2, -0.15) is 0 Å². The van der Waals surface area contributed by atoms with E-state index in [-0.39, 0.29) is 37.1 Å². The summed E-state index contributed by atoms with van der Waals surface area (Å²) in [6.45, 7) is 2.40. The zero-order chi connectivity index (χ0) is 29.7. The standard InChI is InChI=1S/C28H41N9O3/c1-28(20-7-3-2-4-8-20,17-18-11-13-19(14-12-18)23(30)31)26(40)37-22(9-5-15-29)25(39)36-21(24(32)38)10-6-16-35-27(33)34/h2-4,7-8,11-14,21-22H,5-6,9-10,15-17,29H2,1H3,(H3,30,31)(H2,32,38)(H,36,39)(H,37,40)(H4,33,34,35)/t21-,22-,28?/m0/s1. The molecule has 216 valence electrons. The first kappa shape index (κ1) is 31.8. The molecule has 0 aliphatic heterocycles. The van der Waals surface area contributed by atoms with Crippen molar-refractivity contribution in [2.45, 2.75) is 56.5 Å². The van der Waals surface area contributed by atoms with Crippen molar-refractivity contribution in [1.82, 2.24) is 10.6 Å². The van der Waals surface area contributed by atoms with Crippen molar-refractivity contribution in [3.05, 3.63) is 71.3 Å². The second-order valence-corrected chi connectivity index (χ2v) is 9.85. The van der Waals surface area contributed by atoms with Gasteiger partial charge in [0.25, 0.3) is 0 Å². The molecule has 0 radical (unpaired) electrons. The molecular weight excluding hydrogens is 510 g/mol. The van der Waals surface area contributed by atoms with Gasteiger partial charge in [-0.1, -0.05) is 54.6 Å². The van der Waals surface area contributed by atoms with E-state index in [1.54, 1.807) is 12.1 Å². The third-order valence-electron chi connectivity index (χ3n) is 6.66. The summed E-state index contributed by atoms with van der Waals surface area (Å²) >= 11 is 0. The van der Waals surface area contributed by atoms with Gasteiger partial charge >= 0.3 is 0 Å². The number of carbonyl (C=O) groups is 3. The second-order valence-electron chi connectivity index (χ2n) is 9.85. The van der Waals surface area contributed by atoms with E-state index < -0.39 is 29.3 Å². The Morgan fingerprint density at radius 3 is 2.08 bits per heavy atom. The Hall–Kier alpha value is -4.45. The van der Waals surface area contributed by atoms with Gasteiger partial charge in [-0.3, -0.25) is 24.8 Å². The van der Waals surface area contributed by atoms with Gasteiger partial charge in [0.2, 0.25) is 17.7 Å². The number of hydrogen-bond acceptors (Lipinski definition) is 6. The molecule has 3 atom stereocenters. The number of amides is 3. The highest BCUT2D eigenvalue weighted by molar-refractivity contribution is 5.96. The molecule has 0 spiro atoms. The Kier molecular flexibility index (Phi) is 12.1. The van der Waals surface area contributed by atoms with Gasteiger partial charge in [-0.25, -0.2) is 0 Å². The number of rotatable bonds is 16. The largest absolute Gasteiger partial charge is 0.384 e. The lowest BCUT2D eigenvalue weighted by Crippen LogP contribution is -2.56. The van der Waals surface area contributed by atoms with Gasteiger partial charge in [0, 0.05) is 12.1 Å². The van der Waals surface area contributed by atoms with Gasteiger partial charge in [-0.05, 0) is 56.7 Å². The smallest absolute Gasteiger partial charge is 0.243 e. The fraction of sp³-hybridized carbons (Fsp3) is 0.393. The molecule has 0 saturated heterocycles. The number of nitrogens with zero attached hydrogens (tertiary/aromatic N) is 1. The van der Waals surface area contributed by atoms with Crippen LogP contribution in [-0.4, -0.2) is 54.7 Å². The van der Waals surface area contributed by atoms with Crippen LogP contribution < -0.4 is 39.3 Å². The van der Waals surface area contributed by atoms with Crippen molar-refractivity contribution < 1.29 is 14.4 Å². The molecule has 0 bridgehead atoms. The maximum Gasteiger partial charge on any atom is 0.243 e. The lowest BCUT2D eigenvalue weighted by Gasteiger charge is -2.32. The van der Waals surface area contributed by atoms with E-state index in [1.807, 2.05) is 49.4 Å². The summed E-state index contributed by atoms with van der Waals surface area (Å²) in [5.74, 6) is -1.72. The summed E-state index contributed by atoms with van der Waals surface area (Å²) in [6.07, 6.45) is 1.71. The molecule has 13 N–H and O–H groups in total. The summed E-state index contributed by atoms with van der Waals surface area (Å²) in [6, 6.07) is 14.5. The van der Waals surface area contributed by atoms with Crippen LogP contribution in [0.4, 0.5) is 0 Å². The number of benzene rings is 2. The topological polar surface area (TPSA) is 242 Å². The molecule has 0 fully saturated rings. The van der Waals surface area contributed by atoms with E-state index in [0.29, 0.717) is 31.4 Å². The number of carbonyl (C=O) groups excluding carboxylic acids is 3. The molecule has 0 heterocycles. The molecule has 2 rings (SSSR count).